The summed E-state index contributed by atoms with van der Waals surface area (Å²) in [6.07, 6.45) is 3.76. The van der Waals surface area contributed by atoms with E-state index in [1.54, 1.807) is 6.20 Å². The minimum atomic E-state index is -1.45. The minimum absolute atomic E-state index is 0.156. The van der Waals surface area contributed by atoms with E-state index in [0.29, 0.717) is 38.8 Å². The maximum atomic E-state index is 13.4. The van der Waals surface area contributed by atoms with E-state index in [-0.39, 0.29) is 25.7 Å². The van der Waals surface area contributed by atoms with Crippen molar-refractivity contribution in [2.24, 2.45) is 17.2 Å². The number of para-hydroxylation sites is 1. The fraction of sp³-hybridized carbons (Fsp3) is 0.536. The summed E-state index contributed by atoms with van der Waals surface area (Å²) in [5, 5.41) is 26.9. The number of hydrogen-bond donors (Lipinski definition) is 9. The average Bonchev–Trinajstić information content (AvgIpc) is 3.36. The van der Waals surface area contributed by atoms with Crippen molar-refractivity contribution in [3.05, 3.63) is 36.0 Å². The van der Waals surface area contributed by atoms with Gasteiger partial charge in [-0.3, -0.25) is 19.2 Å². The molecule has 42 heavy (non-hydrogen) atoms. The highest BCUT2D eigenvalue weighted by Crippen LogP contribution is 2.19. The Hall–Kier alpha value is -4.01. The van der Waals surface area contributed by atoms with Crippen LogP contribution in [0.5, 0.6) is 0 Å². The van der Waals surface area contributed by atoms with Gasteiger partial charge >= 0.3 is 11.9 Å². The molecule has 1 aromatic heterocycles. The number of fused-ring (bicyclic) bond motifs is 1. The minimum Gasteiger partial charge on any atom is -0.481 e. The number of carboxylic acid groups (broad SMARTS) is 2. The number of unbranched alkanes of at least 4 members (excludes halogenated alkanes) is 2. The lowest BCUT2D eigenvalue weighted by Gasteiger charge is -2.25. The van der Waals surface area contributed by atoms with Crippen LogP contribution in [-0.4, -0.2) is 82.1 Å². The number of aliphatic carboxylic acids is 2. The second-order valence-electron chi connectivity index (χ2n) is 10.2. The third-order valence-corrected chi connectivity index (χ3v) is 6.87. The molecular weight excluding hydrogens is 546 g/mol. The van der Waals surface area contributed by atoms with Crippen LogP contribution in [0, 0.1) is 0 Å². The number of carboxylic acids is 2. The predicted octanol–water partition coefficient (Wildman–Crippen LogP) is -0.300. The van der Waals surface area contributed by atoms with Crippen LogP contribution in [-0.2, 0) is 30.4 Å². The topological polar surface area (TPSA) is 256 Å². The zero-order chi connectivity index (χ0) is 31.1. The number of H-pyrrole nitrogens is 1. The zero-order valence-corrected chi connectivity index (χ0v) is 23.6. The largest absolute Gasteiger partial charge is 0.481 e. The van der Waals surface area contributed by atoms with E-state index >= 15 is 0 Å². The van der Waals surface area contributed by atoms with Gasteiger partial charge in [-0.2, -0.15) is 0 Å². The van der Waals surface area contributed by atoms with Crippen molar-refractivity contribution in [3.63, 3.8) is 0 Å². The van der Waals surface area contributed by atoms with Crippen molar-refractivity contribution in [1.82, 2.24) is 20.9 Å². The molecule has 232 valence electrons. The summed E-state index contributed by atoms with van der Waals surface area (Å²) in [6, 6.07) is 3.03. The molecule has 0 radical (unpaired) electrons. The van der Waals surface area contributed by atoms with Gasteiger partial charge in [-0.05, 0) is 76.1 Å². The highest BCUT2D eigenvalue weighted by Gasteiger charge is 2.30. The van der Waals surface area contributed by atoms with E-state index < -0.39 is 60.2 Å². The molecule has 0 aliphatic heterocycles. The zero-order valence-electron chi connectivity index (χ0n) is 23.6. The monoisotopic (exact) mass is 589 g/mol. The Balaban J connectivity index is 2.14. The number of nitrogens with one attached hydrogen (secondary N) is 4. The number of carbonyl (C=O) groups is 5. The average molecular weight is 590 g/mol. The van der Waals surface area contributed by atoms with Gasteiger partial charge in [-0.15, -0.1) is 0 Å². The highest BCUT2D eigenvalue weighted by atomic mass is 16.4. The van der Waals surface area contributed by atoms with Crippen LogP contribution < -0.4 is 33.2 Å². The van der Waals surface area contributed by atoms with Crippen LogP contribution in [0.25, 0.3) is 10.9 Å². The first-order valence-electron chi connectivity index (χ1n) is 14.1. The van der Waals surface area contributed by atoms with Gasteiger partial charge in [0.25, 0.3) is 0 Å². The van der Waals surface area contributed by atoms with E-state index in [1.807, 2.05) is 24.3 Å². The first-order valence-corrected chi connectivity index (χ1v) is 14.1. The number of carbonyl (C=O) groups excluding carboxylic acids is 3. The number of benzene rings is 1. The fourth-order valence-electron chi connectivity index (χ4n) is 4.50. The molecule has 0 saturated carbocycles. The van der Waals surface area contributed by atoms with Crippen molar-refractivity contribution in [2.75, 3.05) is 13.1 Å². The van der Waals surface area contributed by atoms with E-state index in [0.717, 1.165) is 16.5 Å². The summed E-state index contributed by atoms with van der Waals surface area (Å²) < 4.78 is 0. The molecule has 2 rings (SSSR count). The molecule has 4 unspecified atom stereocenters. The molecule has 4 atom stereocenters. The quantitative estimate of drug-likeness (QED) is 0.0911. The Bertz CT molecular complexity index is 1200. The van der Waals surface area contributed by atoms with Gasteiger partial charge < -0.3 is 48.3 Å². The highest BCUT2D eigenvalue weighted by molar-refractivity contribution is 5.94. The normalized spacial score (nSPS) is 14.0. The summed E-state index contributed by atoms with van der Waals surface area (Å²) >= 11 is 0. The summed E-state index contributed by atoms with van der Waals surface area (Å²) in [5.74, 6) is -4.56. The molecule has 0 fully saturated rings. The molecule has 0 saturated heterocycles. The lowest BCUT2D eigenvalue weighted by Crippen LogP contribution is -2.57. The van der Waals surface area contributed by atoms with Crippen LogP contribution >= 0.6 is 0 Å². The SMILES string of the molecule is NCCCCC(NC(=O)C(N)Cc1c[nH]c2ccccc12)C(=O)NC(CCCCN)C(=O)NC(CCC(=O)O)C(=O)O. The molecule has 0 aliphatic carbocycles. The number of amides is 3. The summed E-state index contributed by atoms with van der Waals surface area (Å²) in [5.41, 5.74) is 19.1. The van der Waals surface area contributed by atoms with Gasteiger partial charge in [0, 0.05) is 23.5 Å². The molecule has 0 aliphatic rings. The fourth-order valence-corrected chi connectivity index (χ4v) is 4.50. The Labute approximate surface area is 244 Å². The predicted molar refractivity (Wildman–Crippen MR) is 156 cm³/mol. The van der Waals surface area contributed by atoms with Gasteiger partial charge in [0.2, 0.25) is 17.7 Å². The summed E-state index contributed by atoms with van der Waals surface area (Å²) in [6.45, 7) is 0.740. The van der Waals surface area contributed by atoms with Crippen molar-refractivity contribution in [1.29, 1.82) is 0 Å². The van der Waals surface area contributed by atoms with Crippen molar-refractivity contribution >= 4 is 40.6 Å². The van der Waals surface area contributed by atoms with Gasteiger partial charge in [0.1, 0.15) is 18.1 Å². The lowest BCUT2D eigenvalue weighted by molar-refractivity contribution is -0.143. The number of aromatic nitrogens is 1. The third kappa shape index (κ3) is 11.1. The van der Waals surface area contributed by atoms with Gasteiger partial charge in [0.15, 0.2) is 0 Å². The molecule has 3 amide bonds. The molecule has 1 aromatic carbocycles. The molecular formula is C28H43N7O7. The Kier molecular flexibility index (Phi) is 14.4. The maximum Gasteiger partial charge on any atom is 0.326 e. The van der Waals surface area contributed by atoms with Crippen LogP contribution in [0.4, 0.5) is 0 Å². The Morgan fingerprint density at radius 1 is 0.762 bits per heavy atom. The molecule has 1 heterocycles. The molecule has 12 N–H and O–H groups in total. The number of hydrogen-bond acceptors (Lipinski definition) is 8. The molecule has 0 bridgehead atoms. The lowest BCUT2D eigenvalue weighted by atomic mass is 10.0. The van der Waals surface area contributed by atoms with Crippen molar-refractivity contribution in [2.45, 2.75) is 82.0 Å². The van der Waals surface area contributed by atoms with Crippen molar-refractivity contribution in [3.8, 4) is 0 Å². The molecule has 2 aromatic rings. The van der Waals surface area contributed by atoms with Gasteiger partial charge in [0.05, 0.1) is 6.04 Å². The number of nitrogens with two attached hydrogens (primary N) is 3. The molecule has 0 spiro atoms. The van der Waals surface area contributed by atoms with E-state index in [9.17, 15) is 29.1 Å². The number of rotatable bonds is 20. The molecule has 14 heteroatoms. The van der Waals surface area contributed by atoms with Gasteiger partial charge in [-0.25, -0.2) is 4.79 Å². The van der Waals surface area contributed by atoms with Gasteiger partial charge in [-0.1, -0.05) is 18.2 Å². The Morgan fingerprint density at radius 3 is 1.86 bits per heavy atom. The summed E-state index contributed by atoms with van der Waals surface area (Å²) in [4.78, 5) is 65.1. The first-order chi connectivity index (χ1) is 20.1. The maximum absolute atomic E-state index is 13.4. The standard InChI is InChI=1S/C28H43N7O7/c29-13-5-3-9-21(33-25(38)19(31)15-17-16-32-20-8-2-1-7-18(17)20)26(39)34-22(10-4-6-14-30)27(40)35-23(28(41)42)11-12-24(36)37/h1-2,7-8,16,19,21-23,32H,3-6,9-15,29-31H2,(H,33,38)(H,34,39)(H,35,40)(H,36,37)(H,41,42). The van der Waals surface area contributed by atoms with E-state index in [1.165, 1.54) is 0 Å². The Morgan fingerprint density at radius 2 is 1.31 bits per heavy atom. The third-order valence-electron chi connectivity index (χ3n) is 6.87. The van der Waals surface area contributed by atoms with E-state index in [4.69, 9.17) is 22.3 Å². The van der Waals surface area contributed by atoms with Crippen molar-refractivity contribution < 1.29 is 34.2 Å². The van der Waals surface area contributed by atoms with Crippen LogP contribution in [0.15, 0.2) is 30.5 Å². The smallest absolute Gasteiger partial charge is 0.326 e. The van der Waals surface area contributed by atoms with E-state index in [2.05, 4.69) is 20.9 Å². The first kappa shape index (κ1) is 34.2. The van der Waals surface area contributed by atoms with Crippen LogP contribution in [0.2, 0.25) is 0 Å². The second-order valence-corrected chi connectivity index (χ2v) is 10.2. The van der Waals surface area contributed by atoms with Crippen LogP contribution in [0.3, 0.4) is 0 Å². The second kappa shape index (κ2) is 17.7. The van der Waals surface area contributed by atoms with Crippen LogP contribution in [0.1, 0.15) is 56.9 Å². The molecule has 14 nitrogen and oxygen atoms in total. The summed E-state index contributed by atoms with van der Waals surface area (Å²) in [7, 11) is 0. The number of aromatic amines is 1.